The van der Waals surface area contributed by atoms with Gasteiger partial charge in [-0.1, -0.05) is 19.9 Å². The van der Waals surface area contributed by atoms with Gasteiger partial charge in [-0.2, -0.15) is 0 Å². The summed E-state index contributed by atoms with van der Waals surface area (Å²) in [6.07, 6.45) is 2.60. The summed E-state index contributed by atoms with van der Waals surface area (Å²) in [5.74, 6) is 1.76. The zero-order valence-corrected chi connectivity index (χ0v) is 13.1. The lowest BCUT2D eigenvalue weighted by molar-refractivity contribution is 0.217. The second-order valence-electron chi connectivity index (χ2n) is 5.74. The molecule has 2 atom stereocenters. The Balaban J connectivity index is 1.94. The van der Waals surface area contributed by atoms with Crippen LogP contribution in [-0.4, -0.2) is 32.3 Å². The monoisotopic (exact) mass is 276 g/mol. The fraction of sp³-hybridized carbons (Fsp3) is 0.647. The zero-order chi connectivity index (χ0) is 14.4. The highest BCUT2D eigenvalue weighted by Gasteiger charge is 2.22. The molecule has 1 heterocycles. The molecule has 3 nitrogen and oxygen atoms in total. The molecule has 1 aromatic carbocycles. The maximum atomic E-state index is 5.92. The average Bonchev–Trinajstić information content (AvgIpc) is 2.94. The van der Waals surface area contributed by atoms with Crippen molar-refractivity contribution in [2.24, 2.45) is 5.92 Å². The van der Waals surface area contributed by atoms with Crippen LogP contribution in [0.5, 0.6) is 5.75 Å². The van der Waals surface area contributed by atoms with Gasteiger partial charge < -0.3 is 15.0 Å². The molecule has 0 amide bonds. The number of nitrogens with one attached hydrogen (secondary N) is 1. The molecule has 0 saturated carbocycles. The Bertz CT molecular complexity index is 408. The third-order valence-electron chi connectivity index (χ3n) is 4.06. The van der Waals surface area contributed by atoms with Crippen LogP contribution in [0.1, 0.15) is 33.6 Å². The summed E-state index contributed by atoms with van der Waals surface area (Å²) < 4.78 is 5.92. The Morgan fingerprint density at radius 2 is 2.25 bits per heavy atom. The van der Waals surface area contributed by atoms with Crippen LogP contribution in [0, 0.1) is 5.92 Å². The van der Waals surface area contributed by atoms with Gasteiger partial charge in [-0.15, -0.1) is 0 Å². The van der Waals surface area contributed by atoms with Crippen molar-refractivity contribution in [3.63, 3.8) is 0 Å². The first kappa shape index (κ1) is 15.2. The smallest absolute Gasteiger partial charge is 0.121 e. The molecule has 2 unspecified atom stereocenters. The molecule has 0 bridgehead atoms. The van der Waals surface area contributed by atoms with E-state index in [-0.39, 0.29) is 6.10 Å². The van der Waals surface area contributed by atoms with E-state index < -0.39 is 0 Å². The lowest BCUT2D eigenvalue weighted by Crippen LogP contribution is -2.26. The maximum absolute atomic E-state index is 5.92. The number of hydrogen-bond acceptors (Lipinski definition) is 3. The van der Waals surface area contributed by atoms with Gasteiger partial charge in [-0.25, -0.2) is 0 Å². The predicted octanol–water partition coefficient (Wildman–Crippen LogP) is 3.30. The summed E-state index contributed by atoms with van der Waals surface area (Å²) in [7, 11) is 0. The lowest BCUT2D eigenvalue weighted by Gasteiger charge is -2.20. The molecule has 1 aromatic rings. The van der Waals surface area contributed by atoms with E-state index in [0.29, 0.717) is 0 Å². The van der Waals surface area contributed by atoms with E-state index in [1.165, 1.54) is 12.1 Å². The van der Waals surface area contributed by atoms with E-state index in [2.05, 4.69) is 55.3 Å². The minimum Gasteiger partial charge on any atom is -0.491 e. The molecule has 20 heavy (non-hydrogen) atoms. The predicted molar refractivity (Wildman–Crippen MR) is 85.7 cm³/mol. The highest BCUT2D eigenvalue weighted by Crippen LogP contribution is 2.27. The van der Waals surface area contributed by atoms with Crippen LogP contribution >= 0.6 is 0 Å². The lowest BCUT2D eigenvalue weighted by atomic mass is 10.1. The number of nitrogens with zero attached hydrogens (tertiary/aromatic N) is 1. The minimum atomic E-state index is 0.283. The summed E-state index contributed by atoms with van der Waals surface area (Å²) in [6, 6.07) is 8.54. The Morgan fingerprint density at radius 1 is 1.40 bits per heavy atom. The molecule has 1 saturated heterocycles. The molecule has 3 heteroatoms. The van der Waals surface area contributed by atoms with Gasteiger partial charge in [-0.3, -0.25) is 0 Å². The van der Waals surface area contributed by atoms with E-state index in [1.54, 1.807) is 0 Å². The third-order valence-corrected chi connectivity index (χ3v) is 4.06. The van der Waals surface area contributed by atoms with Gasteiger partial charge in [0.25, 0.3) is 0 Å². The Labute approximate surface area is 123 Å². The van der Waals surface area contributed by atoms with E-state index in [0.717, 1.165) is 44.3 Å². The summed E-state index contributed by atoms with van der Waals surface area (Å²) >= 11 is 0. The first-order valence-corrected chi connectivity index (χ1v) is 7.95. The summed E-state index contributed by atoms with van der Waals surface area (Å²) in [4.78, 5) is 2.48. The number of rotatable bonds is 7. The number of ether oxygens (including phenoxy) is 1. The Hall–Kier alpha value is -1.22. The fourth-order valence-corrected chi connectivity index (χ4v) is 2.65. The first-order chi connectivity index (χ1) is 9.72. The molecule has 112 valence electrons. The molecule has 1 fully saturated rings. The van der Waals surface area contributed by atoms with Gasteiger partial charge in [0.2, 0.25) is 0 Å². The highest BCUT2D eigenvalue weighted by atomic mass is 16.5. The quantitative estimate of drug-likeness (QED) is 0.827. The Morgan fingerprint density at radius 3 is 3.00 bits per heavy atom. The van der Waals surface area contributed by atoms with Crippen LogP contribution in [0.3, 0.4) is 0 Å². The summed E-state index contributed by atoms with van der Waals surface area (Å²) in [6.45, 7) is 10.9. The molecule has 0 spiro atoms. The molecule has 1 aliphatic rings. The van der Waals surface area contributed by atoms with Gasteiger partial charge in [-0.05, 0) is 50.9 Å². The third kappa shape index (κ3) is 4.14. The van der Waals surface area contributed by atoms with Crippen molar-refractivity contribution < 1.29 is 4.74 Å². The van der Waals surface area contributed by atoms with Crippen LogP contribution < -0.4 is 15.0 Å². The van der Waals surface area contributed by atoms with E-state index >= 15 is 0 Å². The molecule has 0 aliphatic carbocycles. The van der Waals surface area contributed by atoms with Crippen molar-refractivity contribution in [3.8, 4) is 5.75 Å². The minimum absolute atomic E-state index is 0.283. The van der Waals surface area contributed by atoms with E-state index in [4.69, 9.17) is 4.74 Å². The maximum Gasteiger partial charge on any atom is 0.121 e. The molecule has 0 aromatic heterocycles. The second kappa shape index (κ2) is 7.53. The molecule has 0 radical (unpaired) electrons. The van der Waals surface area contributed by atoms with Gasteiger partial charge >= 0.3 is 0 Å². The SMILES string of the molecule is CCNCC1CCN(c2cccc(OC(C)CC)c2)C1. The van der Waals surface area contributed by atoms with Gasteiger partial charge in [0, 0.05) is 24.8 Å². The molecular weight excluding hydrogens is 248 g/mol. The van der Waals surface area contributed by atoms with Crippen LogP contribution in [0.2, 0.25) is 0 Å². The fourth-order valence-electron chi connectivity index (χ4n) is 2.65. The number of benzene rings is 1. The highest BCUT2D eigenvalue weighted by molar-refractivity contribution is 5.51. The van der Waals surface area contributed by atoms with Crippen LogP contribution in [0.15, 0.2) is 24.3 Å². The number of hydrogen-bond donors (Lipinski definition) is 1. The largest absolute Gasteiger partial charge is 0.491 e. The van der Waals surface area contributed by atoms with Gasteiger partial charge in [0.05, 0.1) is 6.10 Å². The number of anilines is 1. The van der Waals surface area contributed by atoms with Gasteiger partial charge in [0.1, 0.15) is 5.75 Å². The average molecular weight is 276 g/mol. The van der Waals surface area contributed by atoms with Crippen molar-refractivity contribution >= 4 is 5.69 Å². The zero-order valence-electron chi connectivity index (χ0n) is 13.1. The van der Waals surface area contributed by atoms with Crippen LogP contribution in [-0.2, 0) is 0 Å². The summed E-state index contributed by atoms with van der Waals surface area (Å²) in [5, 5.41) is 3.46. The van der Waals surface area contributed by atoms with Crippen molar-refractivity contribution in [1.82, 2.24) is 5.32 Å². The first-order valence-electron chi connectivity index (χ1n) is 7.95. The second-order valence-corrected chi connectivity index (χ2v) is 5.74. The van der Waals surface area contributed by atoms with Crippen LogP contribution in [0.4, 0.5) is 5.69 Å². The van der Waals surface area contributed by atoms with Crippen molar-refractivity contribution in [1.29, 1.82) is 0 Å². The molecular formula is C17H28N2O. The topological polar surface area (TPSA) is 24.5 Å². The summed E-state index contributed by atoms with van der Waals surface area (Å²) in [5.41, 5.74) is 1.30. The normalized spacial score (nSPS) is 20.1. The Kier molecular flexibility index (Phi) is 5.72. The molecule has 1 aliphatic heterocycles. The molecule has 2 rings (SSSR count). The standard InChI is InChI=1S/C17H28N2O/c1-4-14(3)20-17-8-6-7-16(11-17)19-10-9-15(13-19)12-18-5-2/h6-8,11,14-15,18H,4-5,9-10,12-13H2,1-3H3. The van der Waals surface area contributed by atoms with Crippen molar-refractivity contribution in [2.45, 2.75) is 39.7 Å². The van der Waals surface area contributed by atoms with Gasteiger partial charge in [0.15, 0.2) is 0 Å². The van der Waals surface area contributed by atoms with Crippen molar-refractivity contribution in [3.05, 3.63) is 24.3 Å². The van der Waals surface area contributed by atoms with E-state index in [1.807, 2.05) is 0 Å². The van der Waals surface area contributed by atoms with Crippen molar-refractivity contribution in [2.75, 3.05) is 31.1 Å². The molecule has 1 N–H and O–H groups in total. The van der Waals surface area contributed by atoms with Crippen LogP contribution in [0.25, 0.3) is 0 Å². The van der Waals surface area contributed by atoms with E-state index in [9.17, 15) is 0 Å².